The van der Waals surface area contributed by atoms with Crippen molar-refractivity contribution >= 4 is 5.84 Å². The van der Waals surface area contributed by atoms with Gasteiger partial charge in [-0.1, -0.05) is 43.7 Å². The molecule has 122 valence electrons. The van der Waals surface area contributed by atoms with E-state index in [1.165, 1.54) is 77.2 Å². The fraction of sp³-hybridized carbons (Fsp3) is 0.941. The smallest absolute Gasteiger partial charge is 0.139 e. The second kappa shape index (κ2) is 9.29. The van der Waals surface area contributed by atoms with E-state index in [0.717, 1.165) is 24.9 Å². The Balaban J connectivity index is 1.82. The van der Waals surface area contributed by atoms with Gasteiger partial charge in [0.05, 0.1) is 0 Å². The molecule has 0 aromatic heterocycles. The molecule has 0 saturated heterocycles. The third-order valence-corrected chi connectivity index (χ3v) is 5.32. The van der Waals surface area contributed by atoms with Crippen LogP contribution in [-0.2, 0) is 0 Å². The summed E-state index contributed by atoms with van der Waals surface area (Å²) in [6.45, 7) is 1.20. The van der Waals surface area contributed by atoms with Crippen LogP contribution in [0, 0.1) is 0 Å². The molecule has 0 spiro atoms. The first kappa shape index (κ1) is 16.6. The van der Waals surface area contributed by atoms with Gasteiger partial charge in [0.15, 0.2) is 0 Å². The molecule has 2 aliphatic rings. The van der Waals surface area contributed by atoms with Gasteiger partial charge in [-0.15, -0.1) is 0 Å². The van der Waals surface area contributed by atoms with Gasteiger partial charge in [0.25, 0.3) is 0 Å². The molecule has 0 unspecified atom stereocenters. The van der Waals surface area contributed by atoms with Crippen LogP contribution in [0.2, 0.25) is 0 Å². The van der Waals surface area contributed by atoms with Crippen LogP contribution >= 0.6 is 0 Å². The van der Waals surface area contributed by atoms with E-state index < -0.39 is 0 Å². The highest BCUT2D eigenvalue weighted by molar-refractivity contribution is 5.79. The van der Waals surface area contributed by atoms with Gasteiger partial charge in [-0.2, -0.15) is 0 Å². The molecule has 0 aromatic rings. The molecule has 0 aliphatic heterocycles. The molecule has 0 atom stereocenters. The molecule has 4 nitrogen and oxygen atoms in total. The predicted molar refractivity (Wildman–Crippen MR) is 87.7 cm³/mol. The Morgan fingerprint density at radius 1 is 0.905 bits per heavy atom. The van der Waals surface area contributed by atoms with Crippen molar-refractivity contribution in [3.63, 3.8) is 0 Å². The van der Waals surface area contributed by atoms with Crippen LogP contribution in [0.4, 0.5) is 0 Å². The maximum atomic E-state index is 8.60. The Hall–Kier alpha value is -0.770. The lowest BCUT2D eigenvalue weighted by molar-refractivity contribution is 0.0791. The monoisotopic (exact) mass is 295 g/mol. The predicted octanol–water partition coefficient (Wildman–Crippen LogP) is 3.87. The first-order valence-corrected chi connectivity index (χ1v) is 9.03. The molecule has 4 heteroatoms. The van der Waals surface area contributed by atoms with Crippen LogP contribution < -0.4 is 5.73 Å². The molecule has 2 rings (SSSR count). The van der Waals surface area contributed by atoms with E-state index in [9.17, 15) is 0 Å². The first-order valence-electron chi connectivity index (χ1n) is 9.03. The lowest BCUT2D eigenvalue weighted by Crippen LogP contribution is -2.45. The topological polar surface area (TPSA) is 61.8 Å². The maximum Gasteiger partial charge on any atom is 0.139 e. The molecule has 2 fully saturated rings. The summed E-state index contributed by atoms with van der Waals surface area (Å²) in [4.78, 5) is 2.84. The van der Waals surface area contributed by atoms with Crippen LogP contribution in [0.5, 0.6) is 0 Å². The van der Waals surface area contributed by atoms with Crippen molar-refractivity contribution < 1.29 is 5.21 Å². The van der Waals surface area contributed by atoms with Gasteiger partial charge in [0, 0.05) is 18.5 Å². The minimum Gasteiger partial charge on any atom is -0.409 e. The number of rotatable bonds is 7. The van der Waals surface area contributed by atoms with Gasteiger partial charge in [-0.3, -0.25) is 4.90 Å². The van der Waals surface area contributed by atoms with Crippen LogP contribution in [0.3, 0.4) is 0 Å². The Kier molecular flexibility index (Phi) is 7.34. The number of oxime groups is 1. The van der Waals surface area contributed by atoms with Gasteiger partial charge >= 0.3 is 0 Å². The second-order valence-corrected chi connectivity index (χ2v) is 6.87. The number of nitrogens with two attached hydrogens (primary N) is 1. The Bertz CT molecular complexity index is 289. The lowest BCUT2D eigenvalue weighted by Gasteiger charge is -2.41. The number of amidine groups is 1. The van der Waals surface area contributed by atoms with E-state index in [-0.39, 0.29) is 0 Å². The molecule has 2 saturated carbocycles. The van der Waals surface area contributed by atoms with Gasteiger partial charge in [-0.05, 0) is 45.1 Å². The van der Waals surface area contributed by atoms with Crippen molar-refractivity contribution in [2.45, 2.75) is 95.6 Å². The summed E-state index contributed by atoms with van der Waals surface area (Å²) in [7, 11) is 0. The quantitative estimate of drug-likeness (QED) is 0.246. The van der Waals surface area contributed by atoms with Crippen LogP contribution in [-0.4, -0.2) is 34.6 Å². The number of hydrogen-bond donors (Lipinski definition) is 2. The third-order valence-electron chi connectivity index (χ3n) is 5.32. The van der Waals surface area contributed by atoms with Crippen LogP contribution in [0.1, 0.15) is 83.5 Å². The molecule has 0 aromatic carbocycles. The largest absolute Gasteiger partial charge is 0.409 e. The van der Waals surface area contributed by atoms with Gasteiger partial charge in [0.2, 0.25) is 0 Å². The molecule has 0 heterocycles. The molecular weight excluding hydrogens is 262 g/mol. The van der Waals surface area contributed by atoms with Crippen LogP contribution in [0.15, 0.2) is 5.16 Å². The van der Waals surface area contributed by atoms with Crippen LogP contribution in [0.25, 0.3) is 0 Å². The summed E-state index contributed by atoms with van der Waals surface area (Å²) in [5, 5.41) is 11.7. The zero-order valence-electron chi connectivity index (χ0n) is 13.5. The molecular formula is C17H33N3O. The Morgan fingerprint density at radius 2 is 1.43 bits per heavy atom. The van der Waals surface area contributed by atoms with E-state index in [0.29, 0.717) is 5.84 Å². The van der Waals surface area contributed by atoms with Crippen molar-refractivity contribution in [3.8, 4) is 0 Å². The van der Waals surface area contributed by atoms with Crippen molar-refractivity contribution in [2.24, 2.45) is 10.9 Å². The summed E-state index contributed by atoms with van der Waals surface area (Å²) in [6, 6.07) is 1.65. The first-order chi connectivity index (χ1) is 10.3. The minimum atomic E-state index is 0.372. The van der Waals surface area contributed by atoms with Crippen molar-refractivity contribution in [3.05, 3.63) is 0 Å². The average Bonchev–Trinajstić information content (AvgIpc) is 2.56. The number of nitrogens with zero attached hydrogens (tertiary/aromatic N) is 2. The van der Waals surface area contributed by atoms with Crippen molar-refractivity contribution in [1.29, 1.82) is 0 Å². The Morgan fingerprint density at radius 3 is 1.90 bits per heavy atom. The lowest BCUT2D eigenvalue weighted by atomic mass is 9.88. The van der Waals surface area contributed by atoms with Gasteiger partial charge in [-0.25, -0.2) is 0 Å². The van der Waals surface area contributed by atoms with E-state index in [4.69, 9.17) is 10.9 Å². The molecule has 0 bridgehead atoms. The molecule has 3 N–H and O–H groups in total. The maximum absolute atomic E-state index is 8.60. The second-order valence-electron chi connectivity index (χ2n) is 6.87. The molecule has 0 amide bonds. The number of hydrogen-bond acceptors (Lipinski definition) is 3. The normalized spacial score (nSPS) is 22.8. The minimum absolute atomic E-state index is 0.372. The van der Waals surface area contributed by atoms with E-state index in [2.05, 4.69) is 10.1 Å². The van der Waals surface area contributed by atoms with Crippen molar-refractivity contribution in [1.82, 2.24) is 4.90 Å². The molecule has 2 aliphatic carbocycles. The highest BCUT2D eigenvalue weighted by atomic mass is 16.4. The molecule has 0 radical (unpaired) electrons. The summed E-state index contributed by atoms with van der Waals surface area (Å²) in [5.41, 5.74) is 5.56. The summed E-state index contributed by atoms with van der Waals surface area (Å²) in [6.07, 6.45) is 17.0. The molecule has 21 heavy (non-hydrogen) atoms. The fourth-order valence-electron chi connectivity index (χ4n) is 4.14. The zero-order valence-corrected chi connectivity index (χ0v) is 13.5. The summed E-state index contributed by atoms with van der Waals surface area (Å²) >= 11 is 0. The fourth-order valence-corrected chi connectivity index (χ4v) is 4.14. The zero-order chi connectivity index (χ0) is 14.9. The van der Waals surface area contributed by atoms with Gasteiger partial charge < -0.3 is 10.9 Å². The average molecular weight is 295 g/mol. The summed E-state index contributed by atoms with van der Waals surface area (Å²) in [5.74, 6) is 0.372. The third kappa shape index (κ3) is 5.50. The number of unbranched alkanes of at least 4 members (excludes halogenated alkanes) is 1. The Labute approximate surface area is 129 Å². The van der Waals surface area contributed by atoms with E-state index >= 15 is 0 Å². The highest BCUT2D eigenvalue weighted by Crippen LogP contribution is 2.30. The van der Waals surface area contributed by atoms with Gasteiger partial charge in [0.1, 0.15) is 5.84 Å². The van der Waals surface area contributed by atoms with E-state index in [1.54, 1.807) is 0 Å². The standard InChI is InChI=1S/C17H33N3O/c18-17(19-21)13-7-8-14-20(15-9-3-1-4-10-15)16-11-5-2-6-12-16/h15-16,21H,1-14H2,(H2,18,19). The SMILES string of the molecule is NC(CCCCN(C1CCCCC1)C1CCCCC1)=NO. The summed E-state index contributed by atoms with van der Waals surface area (Å²) < 4.78 is 0. The van der Waals surface area contributed by atoms with E-state index in [1.807, 2.05) is 0 Å². The van der Waals surface area contributed by atoms with Crippen molar-refractivity contribution in [2.75, 3.05) is 6.54 Å². The highest BCUT2D eigenvalue weighted by Gasteiger charge is 2.28.